The van der Waals surface area contributed by atoms with Crippen molar-refractivity contribution in [1.82, 2.24) is 9.80 Å². The highest BCUT2D eigenvalue weighted by molar-refractivity contribution is 6.01. The molecule has 3 rings (SSSR count). The van der Waals surface area contributed by atoms with Gasteiger partial charge in [0.25, 0.3) is 11.6 Å². The fourth-order valence-corrected chi connectivity index (χ4v) is 3.71. The van der Waals surface area contributed by atoms with Gasteiger partial charge in [-0.25, -0.2) is 0 Å². The minimum atomic E-state index is -0.618. The number of benzene rings is 2. The van der Waals surface area contributed by atoms with E-state index in [-0.39, 0.29) is 29.8 Å². The Morgan fingerprint density at radius 2 is 1.84 bits per heavy atom. The number of rotatable bonds is 6. The van der Waals surface area contributed by atoms with E-state index in [9.17, 15) is 24.5 Å². The molecule has 1 unspecified atom stereocenters. The summed E-state index contributed by atoms with van der Waals surface area (Å²) in [6.45, 7) is 2.03. The molecule has 1 saturated heterocycles. The van der Waals surface area contributed by atoms with Crippen LogP contribution >= 0.6 is 0 Å². The highest BCUT2D eigenvalue weighted by Gasteiger charge is 2.35. The third-order valence-corrected chi connectivity index (χ3v) is 5.53. The number of hydrogen-bond acceptors (Lipinski definition) is 5. The zero-order valence-electron chi connectivity index (χ0n) is 18.3. The first kappa shape index (κ1) is 22.9. The number of anilines is 1. The van der Waals surface area contributed by atoms with Crippen LogP contribution in [0.1, 0.15) is 34.3 Å². The van der Waals surface area contributed by atoms with E-state index in [0.717, 1.165) is 5.56 Å². The second-order valence-electron chi connectivity index (χ2n) is 8.07. The second-order valence-corrected chi connectivity index (χ2v) is 8.07. The molecular weight excluding hydrogens is 412 g/mol. The van der Waals surface area contributed by atoms with E-state index in [0.29, 0.717) is 36.2 Å². The van der Waals surface area contributed by atoms with Crippen LogP contribution in [0.25, 0.3) is 0 Å². The Bertz CT molecular complexity index is 1050. The number of carbonyl (C=O) groups excluding carboxylic acids is 3. The molecule has 32 heavy (non-hydrogen) atoms. The summed E-state index contributed by atoms with van der Waals surface area (Å²) in [5.74, 6) is -0.617. The number of nitrogens with one attached hydrogen (secondary N) is 1. The predicted octanol–water partition coefficient (Wildman–Crippen LogP) is 2.78. The van der Waals surface area contributed by atoms with Crippen LogP contribution in [0.4, 0.5) is 11.4 Å². The summed E-state index contributed by atoms with van der Waals surface area (Å²) >= 11 is 0. The molecule has 9 nitrogen and oxygen atoms in total. The SMILES string of the molecule is Cc1cc(C(=O)N2CCCC2C(=O)Nc2ccc(CC(=O)N(C)C)cc2)ccc1[N+](=O)[O-]. The van der Waals surface area contributed by atoms with Gasteiger partial charge >= 0.3 is 0 Å². The number of amides is 3. The molecule has 2 aromatic rings. The van der Waals surface area contributed by atoms with Gasteiger partial charge < -0.3 is 15.1 Å². The maximum atomic E-state index is 13.0. The Kier molecular flexibility index (Phi) is 6.87. The van der Waals surface area contributed by atoms with E-state index < -0.39 is 11.0 Å². The molecule has 0 saturated carbocycles. The van der Waals surface area contributed by atoms with Crippen LogP contribution in [0.15, 0.2) is 42.5 Å². The first-order valence-corrected chi connectivity index (χ1v) is 10.3. The molecule has 1 fully saturated rings. The molecular formula is C23H26N4O5. The lowest BCUT2D eigenvalue weighted by molar-refractivity contribution is -0.385. The van der Waals surface area contributed by atoms with E-state index in [1.165, 1.54) is 28.0 Å². The Balaban J connectivity index is 1.68. The smallest absolute Gasteiger partial charge is 0.272 e. The van der Waals surface area contributed by atoms with Gasteiger partial charge in [0.15, 0.2) is 0 Å². The fraction of sp³-hybridized carbons (Fsp3) is 0.348. The third kappa shape index (κ3) is 5.11. The number of hydrogen-bond donors (Lipinski definition) is 1. The van der Waals surface area contributed by atoms with Gasteiger partial charge in [0.05, 0.1) is 11.3 Å². The van der Waals surface area contributed by atoms with E-state index in [1.807, 2.05) is 0 Å². The highest BCUT2D eigenvalue weighted by atomic mass is 16.6. The monoisotopic (exact) mass is 438 g/mol. The van der Waals surface area contributed by atoms with Crippen molar-refractivity contribution in [2.24, 2.45) is 0 Å². The van der Waals surface area contributed by atoms with Gasteiger partial charge in [0.1, 0.15) is 6.04 Å². The van der Waals surface area contributed by atoms with Crippen LogP contribution in [0.3, 0.4) is 0 Å². The lowest BCUT2D eigenvalue weighted by Gasteiger charge is -2.24. The minimum Gasteiger partial charge on any atom is -0.349 e. The van der Waals surface area contributed by atoms with Gasteiger partial charge in [-0.3, -0.25) is 24.5 Å². The molecule has 9 heteroatoms. The maximum Gasteiger partial charge on any atom is 0.272 e. The highest BCUT2D eigenvalue weighted by Crippen LogP contribution is 2.25. The van der Waals surface area contributed by atoms with Crippen LogP contribution < -0.4 is 5.32 Å². The average molecular weight is 438 g/mol. The third-order valence-electron chi connectivity index (χ3n) is 5.53. The van der Waals surface area contributed by atoms with Gasteiger partial charge in [0.2, 0.25) is 11.8 Å². The van der Waals surface area contributed by atoms with Crippen molar-refractivity contribution in [3.8, 4) is 0 Å². The first-order chi connectivity index (χ1) is 15.2. The van der Waals surface area contributed by atoms with Gasteiger partial charge in [-0.15, -0.1) is 0 Å². The van der Waals surface area contributed by atoms with Crippen molar-refractivity contribution < 1.29 is 19.3 Å². The second kappa shape index (κ2) is 9.59. The van der Waals surface area contributed by atoms with E-state index in [1.54, 1.807) is 45.3 Å². The molecule has 0 bridgehead atoms. The summed E-state index contributed by atoms with van der Waals surface area (Å²) in [6, 6.07) is 10.6. The number of likely N-dealkylation sites (N-methyl/N-ethyl adjacent to an activating group) is 1. The van der Waals surface area contributed by atoms with Crippen LogP contribution in [0, 0.1) is 17.0 Å². The molecule has 168 valence electrons. The van der Waals surface area contributed by atoms with Crippen molar-refractivity contribution in [2.75, 3.05) is 26.0 Å². The van der Waals surface area contributed by atoms with Crippen LogP contribution in [0.2, 0.25) is 0 Å². The van der Waals surface area contributed by atoms with Crippen molar-refractivity contribution in [3.05, 3.63) is 69.3 Å². The largest absolute Gasteiger partial charge is 0.349 e. The zero-order chi connectivity index (χ0) is 23.4. The Labute approximate surface area is 186 Å². The van der Waals surface area contributed by atoms with E-state index in [2.05, 4.69) is 5.32 Å². The summed E-state index contributed by atoms with van der Waals surface area (Å²) in [5, 5.41) is 13.9. The normalized spacial score (nSPS) is 15.3. The van der Waals surface area contributed by atoms with E-state index in [4.69, 9.17) is 0 Å². The molecule has 1 aliphatic heterocycles. The van der Waals surface area contributed by atoms with Crippen LogP contribution in [0.5, 0.6) is 0 Å². The van der Waals surface area contributed by atoms with Gasteiger partial charge in [-0.05, 0) is 49.6 Å². The average Bonchev–Trinajstić information content (AvgIpc) is 3.24. The van der Waals surface area contributed by atoms with Crippen molar-refractivity contribution in [2.45, 2.75) is 32.2 Å². The molecule has 0 aliphatic carbocycles. The zero-order valence-corrected chi connectivity index (χ0v) is 18.3. The molecule has 1 heterocycles. The quantitative estimate of drug-likeness (QED) is 0.550. The molecule has 3 amide bonds. The van der Waals surface area contributed by atoms with Crippen molar-refractivity contribution in [3.63, 3.8) is 0 Å². The molecule has 1 atom stereocenters. The Hall–Kier alpha value is -3.75. The minimum absolute atomic E-state index is 0.0108. The molecule has 2 aromatic carbocycles. The maximum absolute atomic E-state index is 13.0. The summed E-state index contributed by atoms with van der Waals surface area (Å²) in [7, 11) is 3.40. The Morgan fingerprint density at radius 1 is 1.16 bits per heavy atom. The lowest BCUT2D eigenvalue weighted by Crippen LogP contribution is -2.43. The van der Waals surface area contributed by atoms with Crippen molar-refractivity contribution >= 4 is 29.1 Å². The van der Waals surface area contributed by atoms with Crippen LogP contribution in [-0.2, 0) is 16.0 Å². The van der Waals surface area contributed by atoms with Gasteiger partial charge in [-0.1, -0.05) is 12.1 Å². The summed E-state index contributed by atoms with van der Waals surface area (Å²) in [6.07, 6.45) is 1.51. The van der Waals surface area contributed by atoms with Crippen LogP contribution in [-0.4, -0.2) is 59.1 Å². The molecule has 0 radical (unpaired) electrons. The first-order valence-electron chi connectivity index (χ1n) is 10.3. The standard InChI is InChI=1S/C23H26N4O5/c1-15-13-17(8-11-19(15)27(31)32)23(30)26-12-4-5-20(26)22(29)24-18-9-6-16(7-10-18)14-21(28)25(2)3/h6-11,13,20H,4-5,12,14H2,1-3H3,(H,24,29). The summed E-state index contributed by atoms with van der Waals surface area (Å²) in [5.41, 5.74) is 2.10. The number of aryl methyl sites for hydroxylation is 1. The number of nitro benzene ring substituents is 1. The molecule has 0 aromatic heterocycles. The molecule has 0 spiro atoms. The number of nitrogens with zero attached hydrogens (tertiary/aromatic N) is 3. The molecule has 1 N–H and O–H groups in total. The van der Waals surface area contributed by atoms with Gasteiger partial charge in [-0.2, -0.15) is 0 Å². The number of likely N-dealkylation sites (tertiary alicyclic amines) is 1. The Morgan fingerprint density at radius 3 is 2.44 bits per heavy atom. The fourth-order valence-electron chi connectivity index (χ4n) is 3.71. The summed E-state index contributed by atoms with van der Waals surface area (Å²) in [4.78, 5) is 51.2. The predicted molar refractivity (Wildman–Crippen MR) is 119 cm³/mol. The topological polar surface area (TPSA) is 113 Å². The lowest BCUT2D eigenvalue weighted by atomic mass is 10.1. The summed E-state index contributed by atoms with van der Waals surface area (Å²) < 4.78 is 0. The number of carbonyl (C=O) groups is 3. The molecule has 1 aliphatic rings. The van der Waals surface area contributed by atoms with Gasteiger partial charge in [0, 0.05) is 43.5 Å². The van der Waals surface area contributed by atoms with Crippen molar-refractivity contribution in [1.29, 1.82) is 0 Å². The van der Waals surface area contributed by atoms with E-state index >= 15 is 0 Å². The number of nitro groups is 1.